The van der Waals surface area contributed by atoms with Crippen LogP contribution in [0.5, 0.6) is 0 Å². The minimum atomic E-state index is 0.230. The molecule has 0 aliphatic carbocycles. The van der Waals surface area contributed by atoms with E-state index in [1.54, 1.807) is 0 Å². The van der Waals surface area contributed by atoms with Crippen LogP contribution in [0.2, 0.25) is 0 Å². The van der Waals surface area contributed by atoms with Crippen molar-refractivity contribution < 1.29 is 0 Å². The number of rotatable bonds is 5. The van der Waals surface area contributed by atoms with Crippen LogP contribution in [0.15, 0.2) is 42.7 Å². The van der Waals surface area contributed by atoms with E-state index in [1.807, 2.05) is 18.5 Å². The van der Waals surface area contributed by atoms with E-state index in [4.69, 9.17) is 0 Å². The van der Waals surface area contributed by atoms with Crippen LogP contribution < -0.4 is 5.32 Å². The maximum Gasteiger partial charge on any atom is 0.0594 e. The maximum atomic E-state index is 4.25. The number of nitrogens with zero attached hydrogens (tertiary/aromatic N) is 1. The lowest BCUT2D eigenvalue weighted by Gasteiger charge is -2.22. The number of hydrogen-bond acceptors (Lipinski definition) is 2. The summed E-state index contributed by atoms with van der Waals surface area (Å²) in [5, 5.41) is 3.63. The molecule has 19 heavy (non-hydrogen) atoms. The first kappa shape index (κ1) is 13.8. The molecule has 1 aromatic carbocycles. The molecule has 0 aliphatic heterocycles. The van der Waals surface area contributed by atoms with Crippen molar-refractivity contribution in [3.8, 4) is 0 Å². The summed E-state index contributed by atoms with van der Waals surface area (Å²) in [4.78, 5) is 4.25. The summed E-state index contributed by atoms with van der Waals surface area (Å²) >= 11 is 0. The summed E-state index contributed by atoms with van der Waals surface area (Å²) in [6.45, 7) is 7.56. The summed E-state index contributed by atoms with van der Waals surface area (Å²) in [6, 6.07) is 10.9. The standard InChI is InChI=1S/C17H22N2/c1-4-10-19-17(15-8-6-11-18-12-15)16-9-5-7-13(2)14(16)3/h5-9,11-12,17,19H,4,10H2,1-3H3. The first-order chi connectivity index (χ1) is 9.24. The van der Waals surface area contributed by atoms with Crippen LogP contribution in [0.25, 0.3) is 0 Å². The number of pyridine rings is 1. The van der Waals surface area contributed by atoms with Crippen molar-refractivity contribution in [1.29, 1.82) is 0 Å². The van der Waals surface area contributed by atoms with Crippen molar-refractivity contribution in [2.75, 3.05) is 6.54 Å². The molecule has 2 rings (SSSR count). The zero-order valence-corrected chi connectivity index (χ0v) is 12.0. The Morgan fingerprint density at radius 2 is 2.00 bits per heavy atom. The van der Waals surface area contributed by atoms with Crippen molar-refractivity contribution >= 4 is 0 Å². The fourth-order valence-electron chi connectivity index (χ4n) is 2.33. The lowest BCUT2D eigenvalue weighted by atomic mass is 9.93. The van der Waals surface area contributed by atoms with Crippen LogP contribution in [0, 0.1) is 13.8 Å². The molecule has 0 fully saturated rings. The molecular formula is C17H22N2. The number of hydrogen-bond donors (Lipinski definition) is 1. The largest absolute Gasteiger partial charge is 0.306 e. The van der Waals surface area contributed by atoms with E-state index in [1.165, 1.54) is 22.3 Å². The molecule has 0 radical (unpaired) electrons. The maximum absolute atomic E-state index is 4.25. The van der Waals surface area contributed by atoms with E-state index in [-0.39, 0.29) is 6.04 Å². The first-order valence-electron chi connectivity index (χ1n) is 6.93. The number of benzene rings is 1. The van der Waals surface area contributed by atoms with Gasteiger partial charge in [0.05, 0.1) is 6.04 Å². The van der Waals surface area contributed by atoms with E-state index in [0.29, 0.717) is 0 Å². The van der Waals surface area contributed by atoms with E-state index >= 15 is 0 Å². The van der Waals surface area contributed by atoms with E-state index in [9.17, 15) is 0 Å². The number of nitrogens with one attached hydrogen (secondary N) is 1. The lowest BCUT2D eigenvalue weighted by molar-refractivity contribution is 0.594. The quantitative estimate of drug-likeness (QED) is 0.878. The first-order valence-corrected chi connectivity index (χ1v) is 6.93. The van der Waals surface area contributed by atoms with Gasteiger partial charge in [0.15, 0.2) is 0 Å². The molecule has 0 saturated carbocycles. The van der Waals surface area contributed by atoms with Gasteiger partial charge in [-0.15, -0.1) is 0 Å². The second-order valence-corrected chi connectivity index (χ2v) is 4.96. The minimum Gasteiger partial charge on any atom is -0.306 e. The smallest absolute Gasteiger partial charge is 0.0594 e. The van der Waals surface area contributed by atoms with E-state index in [0.717, 1.165) is 13.0 Å². The fourth-order valence-corrected chi connectivity index (χ4v) is 2.33. The third-order valence-electron chi connectivity index (χ3n) is 3.57. The van der Waals surface area contributed by atoms with Crippen LogP contribution >= 0.6 is 0 Å². The summed E-state index contributed by atoms with van der Waals surface area (Å²) in [5.41, 5.74) is 5.27. The van der Waals surface area contributed by atoms with Crippen LogP contribution in [-0.2, 0) is 0 Å². The monoisotopic (exact) mass is 254 g/mol. The Morgan fingerprint density at radius 3 is 2.68 bits per heavy atom. The molecule has 0 spiro atoms. The second-order valence-electron chi connectivity index (χ2n) is 4.96. The van der Waals surface area contributed by atoms with Crippen LogP contribution in [0.4, 0.5) is 0 Å². The fraction of sp³-hybridized carbons (Fsp3) is 0.353. The molecule has 2 aromatic rings. The Hall–Kier alpha value is -1.67. The minimum absolute atomic E-state index is 0.230. The van der Waals surface area contributed by atoms with Gasteiger partial charge in [0.1, 0.15) is 0 Å². The van der Waals surface area contributed by atoms with Gasteiger partial charge < -0.3 is 5.32 Å². The molecule has 1 aromatic heterocycles. The van der Waals surface area contributed by atoms with Gasteiger partial charge in [-0.1, -0.05) is 31.2 Å². The van der Waals surface area contributed by atoms with Gasteiger partial charge in [-0.3, -0.25) is 4.98 Å². The predicted molar refractivity (Wildman–Crippen MR) is 80.3 cm³/mol. The summed E-state index contributed by atoms with van der Waals surface area (Å²) < 4.78 is 0. The Bertz CT molecular complexity index is 520. The molecule has 100 valence electrons. The van der Waals surface area contributed by atoms with Crippen LogP contribution in [0.3, 0.4) is 0 Å². The van der Waals surface area contributed by atoms with Crippen molar-refractivity contribution in [3.05, 3.63) is 65.0 Å². The summed E-state index contributed by atoms with van der Waals surface area (Å²) in [7, 11) is 0. The summed E-state index contributed by atoms with van der Waals surface area (Å²) in [6.07, 6.45) is 4.90. The third-order valence-corrected chi connectivity index (χ3v) is 3.57. The Labute approximate surface area is 115 Å². The number of aryl methyl sites for hydroxylation is 1. The van der Waals surface area contributed by atoms with E-state index < -0.39 is 0 Å². The van der Waals surface area contributed by atoms with Crippen molar-refractivity contribution in [2.45, 2.75) is 33.2 Å². The van der Waals surface area contributed by atoms with Gasteiger partial charge in [0, 0.05) is 12.4 Å². The summed E-state index contributed by atoms with van der Waals surface area (Å²) in [5.74, 6) is 0. The van der Waals surface area contributed by atoms with E-state index in [2.05, 4.69) is 55.3 Å². The Balaban J connectivity index is 2.40. The van der Waals surface area contributed by atoms with Gasteiger partial charge >= 0.3 is 0 Å². The average molecular weight is 254 g/mol. The molecule has 1 heterocycles. The van der Waals surface area contributed by atoms with Gasteiger partial charge in [0.25, 0.3) is 0 Å². The molecular weight excluding hydrogens is 232 g/mol. The molecule has 0 saturated heterocycles. The lowest BCUT2D eigenvalue weighted by Crippen LogP contribution is -2.24. The normalized spacial score (nSPS) is 12.4. The molecule has 0 aliphatic rings. The zero-order chi connectivity index (χ0) is 13.7. The Morgan fingerprint density at radius 1 is 1.16 bits per heavy atom. The topological polar surface area (TPSA) is 24.9 Å². The van der Waals surface area contributed by atoms with Crippen molar-refractivity contribution in [3.63, 3.8) is 0 Å². The molecule has 1 atom stereocenters. The molecule has 0 bridgehead atoms. The number of aromatic nitrogens is 1. The van der Waals surface area contributed by atoms with Crippen molar-refractivity contribution in [1.82, 2.24) is 10.3 Å². The van der Waals surface area contributed by atoms with Gasteiger partial charge in [-0.05, 0) is 55.1 Å². The average Bonchev–Trinajstić information content (AvgIpc) is 2.45. The molecule has 2 heteroatoms. The molecule has 1 N–H and O–H groups in total. The van der Waals surface area contributed by atoms with Gasteiger partial charge in [-0.25, -0.2) is 0 Å². The second kappa shape index (κ2) is 6.48. The van der Waals surface area contributed by atoms with Gasteiger partial charge in [0.2, 0.25) is 0 Å². The zero-order valence-electron chi connectivity index (χ0n) is 12.0. The highest BCUT2D eigenvalue weighted by atomic mass is 14.9. The highest BCUT2D eigenvalue weighted by molar-refractivity contribution is 5.39. The molecule has 1 unspecified atom stereocenters. The van der Waals surface area contributed by atoms with Crippen LogP contribution in [-0.4, -0.2) is 11.5 Å². The third kappa shape index (κ3) is 3.21. The molecule has 0 amide bonds. The van der Waals surface area contributed by atoms with Crippen LogP contribution in [0.1, 0.15) is 41.6 Å². The molecule has 2 nitrogen and oxygen atoms in total. The SMILES string of the molecule is CCCNC(c1cccnc1)c1cccc(C)c1C. The highest BCUT2D eigenvalue weighted by Gasteiger charge is 2.15. The van der Waals surface area contributed by atoms with Gasteiger partial charge in [-0.2, -0.15) is 0 Å². The van der Waals surface area contributed by atoms with Crippen molar-refractivity contribution in [2.24, 2.45) is 0 Å². The highest BCUT2D eigenvalue weighted by Crippen LogP contribution is 2.26. The predicted octanol–water partition coefficient (Wildman–Crippen LogP) is 3.79. The Kier molecular flexibility index (Phi) is 4.69.